The van der Waals surface area contributed by atoms with Crippen LogP contribution in [0.4, 0.5) is 10.1 Å². The van der Waals surface area contributed by atoms with E-state index in [1.807, 2.05) is 0 Å². The van der Waals surface area contributed by atoms with Crippen molar-refractivity contribution < 1.29 is 9.18 Å². The van der Waals surface area contributed by atoms with Gasteiger partial charge in [-0.15, -0.1) is 0 Å². The highest BCUT2D eigenvalue weighted by Crippen LogP contribution is 2.23. The molecule has 0 aliphatic rings. The summed E-state index contributed by atoms with van der Waals surface area (Å²) in [5, 5.41) is 4.06. The van der Waals surface area contributed by atoms with Crippen LogP contribution in [0.1, 0.15) is 5.56 Å². The number of benzene rings is 3. The maximum Gasteiger partial charge on any atom is 0.266 e. The molecule has 31 heavy (non-hydrogen) atoms. The van der Waals surface area contributed by atoms with Gasteiger partial charge in [0.25, 0.3) is 5.56 Å². The lowest BCUT2D eigenvalue weighted by atomic mass is 10.2. The predicted octanol–water partition coefficient (Wildman–Crippen LogP) is 5.22. The molecule has 1 aromatic heterocycles. The number of halogens is 2. The van der Waals surface area contributed by atoms with Crippen molar-refractivity contribution in [3.05, 3.63) is 93.5 Å². The van der Waals surface area contributed by atoms with E-state index >= 15 is 0 Å². The number of amides is 1. The van der Waals surface area contributed by atoms with Gasteiger partial charge in [0.1, 0.15) is 5.82 Å². The van der Waals surface area contributed by atoms with Crippen LogP contribution in [-0.2, 0) is 4.79 Å². The Balaban J connectivity index is 1.65. The summed E-state index contributed by atoms with van der Waals surface area (Å²) in [7, 11) is 0. The number of thioether (sulfide) groups is 1. The number of aromatic nitrogens is 2. The third-order valence-electron chi connectivity index (χ3n) is 4.62. The van der Waals surface area contributed by atoms with Crippen LogP contribution in [0.15, 0.2) is 76.7 Å². The van der Waals surface area contributed by atoms with Gasteiger partial charge in [0.2, 0.25) is 5.91 Å². The van der Waals surface area contributed by atoms with E-state index in [9.17, 15) is 14.0 Å². The molecule has 1 heterocycles. The van der Waals surface area contributed by atoms with E-state index in [4.69, 9.17) is 11.6 Å². The minimum atomic E-state index is -0.391. The summed E-state index contributed by atoms with van der Waals surface area (Å²) in [5.74, 6) is -0.732. The van der Waals surface area contributed by atoms with Crippen LogP contribution in [-0.4, -0.2) is 21.2 Å². The first-order chi connectivity index (χ1) is 14.9. The molecule has 0 radical (unpaired) electrons. The Bertz CT molecular complexity index is 1340. The standard InChI is InChI=1S/C23H17ClFN3O2S/c1-14-6-9-16(12-19(14)25)26-21(29)13-31-23-27-20-5-3-2-4-18(20)22(30)28(23)17-10-7-15(24)8-11-17/h2-12H,13H2,1H3,(H,26,29). The quantitative estimate of drug-likeness (QED) is 0.332. The van der Waals surface area contributed by atoms with Crippen molar-refractivity contribution in [2.45, 2.75) is 12.1 Å². The number of para-hydroxylation sites is 1. The van der Waals surface area contributed by atoms with Gasteiger partial charge in [-0.25, -0.2) is 9.37 Å². The average Bonchev–Trinajstić information content (AvgIpc) is 2.76. The number of carbonyl (C=O) groups is 1. The van der Waals surface area contributed by atoms with E-state index in [0.29, 0.717) is 38.0 Å². The number of hydrogen-bond donors (Lipinski definition) is 1. The molecule has 0 spiro atoms. The fourth-order valence-corrected chi connectivity index (χ4v) is 3.96. The molecule has 4 aromatic rings. The lowest BCUT2D eigenvalue weighted by Gasteiger charge is -2.13. The van der Waals surface area contributed by atoms with Crippen molar-refractivity contribution in [1.29, 1.82) is 0 Å². The monoisotopic (exact) mass is 453 g/mol. The second kappa shape index (κ2) is 8.91. The van der Waals surface area contributed by atoms with Crippen LogP contribution in [0.3, 0.4) is 0 Å². The van der Waals surface area contributed by atoms with Crippen LogP contribution >= 0.6 is 23.4 Å². The SMILES string of the molecule is Cc1ccc(NC(=O)CSc2nc3ccccc3c(=O)n2-c2ccc(Cl)cc2)cc1F. The topological polar surface area (TPSA) is 64.0 Å². The Morgan fingerprint density at radius 1 is 1.13 bits per heavy atom. The van der Waals surface area contributed by atoms with Gasteiger partial charge < -0.3 is 5.32 Å². The molecule has 0 saturated heterocycles. The van der Waals surface area contributed by atoms with Gasteiger partial charge in [-0.3, -0.25) is 14.2 Å². The van der Waals surface area contributed by atoms with E-state index < -0.39 is 5.82 Å². The summed E-state index contributed by atoms with van der Waals surface area (Å²) < 4.78 is 15.2. The molecule has 0 atom stereocenters. The van der Waals surface area contributed by atoms with Gasteiger partial charge in [0, 0.05) is 10.7 Å². The molecular weight excluding hydrogens is 437 g/mol. The van der Waals surface area contributed by atoms with Crippen LogP contribution in [0.5, 0.6) is 0 Å². The largest absolute Gasteiger partial charge is 0.325 e. The first-order valence-electron chi connectivity index (χ1n) is 9.39. The predicted molar refractivity (Wildman–Crippen MR) is 123 cm³/mol. The van der Waals surface area contributed by atoms with Crippen molar-refractivity contribution in [2.24, 2.45) is 0 Å². The van der Waals surface area contributed by atoms with Crippen LogP contribution < -0.4 is 10.9 Å². The summed E-state index contributed by atoms with van der Waals surface area (Å²) in [6.07, 6.45) is 0. The normalized spacial score (nSPS) is 10.9. The molecule has 1 N–H and O–H groups in total. The summed E-state index contributed by atoms with van der Waals surface area (Å²) >= 11 is 7.11. The zero-order valence-corrected chi connectivity index (χ0v) is 18.0. The second-order valence-electron chi connectivity index (χ2n) is 6.83. The van der Waals surface area contributed by atoms with Crippen molar-refractivity contribution in [1.82, 2.24) is 9.55 Å². The third-order valence-corrected chi connectivity index (χ3v) is 5.81. The van der Waals surface area contributed by atoms with E-state index in [1.54, 1.807) is 67.6 Å². The summed E-state index contributed by atoms with van der Waals surface area (Å²) in [6, 6.07) is 18.4. The van der Waals surface area contributed by atoms with Gasteiger partial charge >= 0.3 is 0 Å². The highest BCUT2D eigenvalue weighted by Gasteiger charge is 2.15. The number of nitrogens with one attached hydrogen (secondary N) is 1. The van der Waals surface area contributed by atoms with E-state index in [2.05, 4.69) is 10.3 Å². The molecule has 156 valence electrons. The lowest BCUT2D eigenvalue weighted by molar-refractivity contribution is -0.113. The minimum Gasteiger partial charge on any atom is -0.325 e. The molecule has 0 saturated carbocycles. The van der Waals surface area contributed by atoms with Gasteiger partial charge in [-0.2, -0.15) is 0 Å². The summed E-state index contributed by atoms with van der Waals surface area (Å²) in [5.41, 5.74) is 1.77. The van der Waals surface area contributed by atoms with Crippen molar-refractivity contribution >= 4 is 45.9 Å². The van der Waals surface area contributed by atoms with E-state index in [1.165, 1.54) is 10.6 Å². The Morgan fingerprint density at radius 2 is 1.87 bits per heavy atom. The smallest absolute Gasteiger partial charge is 0.266 e. The van der Waals surface area contributed by atoms with Crippen molar-refractivity contribution in [2.75, 3.05) is 11.1 Å². The van der Waals surface area contributed by atoms with Gasteiger partial charge in [0.05, 0.1) is 22.3 Å². The second-order valence-corrected chi connectivity index (χ2v) is 8.21. The fraction of sp³-hybridized carbons (Fsp3) is 0.0870. The molecule has 8 heteroatoms. The molecule has 0 unspecified atom stereocenters. The van der Waals surface area contributed by atoms with Crippen molar-refractivity contribution in [3.8, 4) is 5.69 Å². The summed E-state index contributed by atoms with van der Waals surface area (Å²) in [4.78, 5) is 30.2. The Kier molecular flexibility index (Phi) is 6.06. The number of carbonyl (C=O) groups excluding carboxylic acids is 1. The molecule has 0 fully saturated rings. The third kappa shape index (κ3) is 4.62. The Hall–Kier alpha value is -3.16. The molecule has 0 bridgehead atoms. The molecule has 5 nitrogen and oxygen atoms in total. The minimum absolute atomic E-state index is 0.00609. The molecule has 4 rings (SSSR count). The van der Waals surface area contributed by atoms with Gasteiger partial charge in [-0.1, -0.05) is 41.6 Å². The highest BCUT2D eigenvalue weighted by atomic mass is 35.5. The molecular formula is C23H17ClFN3O2S. The number of aryl methyl sites for hydroxylation is 1. The Morgan fingerprint density at radius 3 is 2.61 bits per heavy atom. The molecule has 0 aliphatic heterocycles. The lowest BCUT2D eigenvalue weighted by Crippen LogP contribution is -2.23. The van der Waals surface area contributed by atoms with Crippen molar-refractivity contribution in [3.63, 3.8) is 0 Å². The van der Waals surface area contributed by atoms with Crippen LogP contribution in [0.25, 0.3) is 16.6 Å². The number of fused-ring (bicyclic) bond motifs is 1. The van der Waals surface area contributed by atoms with Crippen LogP contribution in [0, 0.1) is 12.7 Å². The fourth-order valence-electron chi connectivity index (χ4n) is 3.02. The molecule has 0 aliphatic carbocycles. The number of nitrogens with zero attached hydrogens (tertiary/aromatic N) is 2. The average molecular weight is 454 g/mol. The zero-order valence-electron chi connectivity index (χ0n) is 16.4. The number of rotatable bonds is 5. The van der Waals surface area contributed by atoms with E-state index in [-0.39, 0.29) is 17.2 Å². The summed E-state index contributed by atoms with van der Waals surface area (Å²) in [6.45, 7) is 1.65. The van der Waals surface area contributed by atoms with Gasteiger partial charge in [0.15, 0.2) is 5.16 Å². The zero-order chi connectivity index (χ0) is 22.0. The first-order valence-corrected chi connectivity index (χ1v) is 10.8. The maximum absolute atomic E-state index is 13.7. The highest BCUT2D eigenvalue weighted by molar-refractivity contribution is 7.99. The van der Waals surface area contributed by atoms with Crippen LogP contribution in [0.2, 0.25) is 5.02 Å². The Labute approximate surface area is 186 Å². The first kappa shape index (κ1) is 21.1. The van der Waals surface area contributed by atoms with E-state index in [0.717, 1.165) is 11.8 Å². The number of anilines is 1. The maximum atomic E-state index is 13.7. The number of hydrogen-bond acceptors (Lipinski definition) is 4. The van der Waals surface area contributed by atoms with Gasteiger partial charge in [-0.05, 0) is 61.0 Å². The molecule has 3 aromatic carbocycles. The molecule has 1 amide bonds.